The summed E-state index contributed by atoms with van der Waals surface area (Å²) in [4.78, 5) is 0. The van der Waals surface area contributed by atoms with E-state index < -0.39 is 10.0 Å². The van der Waals surface area contributed by atoms with Crippen molar-refractivity contribution in [3.8, 4) is 0 Å². The summed E-state index contributed by atoms with van der Waals surface area (Å²) in [5, 5.41) is 0. The molecule has 1 rings (SSSR count). The second kappa shape index (κ2) is 7.76. The molecule has 114 valence electrons. The zero-order valence-corrected chi connectivity index (χ0v) is 13.5. The van der Waals surface area contributed by atoms with Crippen molar-refractivity contribution in [2.45, 2.75) is 39.5 Å². The molecule has 1 aromatic carbocycles. The first-order valence-electron chi connectivity index (χ1n) is 7.19. The molecule has 0 saturated carbocycles. The summed E-state index contributed by atoms with van der Waals surface area (Å²) in [5.74, 6) is 0.402. The molecule has 0 saturated heterocycles. The van der Waals surface area contributed by atoms with Crippen LogP contribution in [0.3, 0.4) is 0 Å². The number of benzene rings is 1. The van der Waals surface area contributed by atoms with Crippen molar-refractivity contribution in [2.75, 3.05) is 13.1 Å². The molecule has 0 fully saturated rings. The zero-order chi connectivity index (χ0) is 15.2. The quantitative estimate of drug-likeness (QED) is 0.801. The highest BCUT2D eigenvalue weighted by Gasteiger charge is 2.23. The van der Waals surface area contributed by atoms with Crippen molar-refractivity contribution in [3.63, 3.8) is 0 Å². The Morgan fingerprint density at radius 1 is 1.20 bits per heavy atom. The van der Waals surface area contributed by atoms with Crippen molar-refractivity contribution < 1.29 is 8.42 Å². The second-order valence-corrected chi connectivity index (χ2v) is 7.16. The van der Waals surface area contributed by atoms with Gasteiger partial charge in [-0.15, -0.1) is 0 Å². The van der Waals surface area contributed by atoms with E-state index in [9.17, 15) is 8.42 Å². The molecule has 0 aliphatic rings. The van der Waals surface area contributed by atoms with Gasteiger partial charge in [-0.25, -0.2) is 12.7 Å². The normalized spacial score (nSPS) is 13.7. The summed E-state index contributed by atoms with van der Waals surface area (Å²) >= 11 is 0. The van der Waals surface area contributed by atoms with Gasteiger partial charge in [0.2, 0.25) is 10.0 Å². The molecule has 1 unspecified atom stereocenters. The Balaban J connectivity index is 2.92. The van der Waals surface area contributed by atoms with Crippen molar-refractivity contribution in [3.05, 3.63) is 35.4 Å². The fraction of sp³-hybridized carbons (Fsp3) is 0.600. The molecule has 0 spiro atoms. The van der Waals surface area contributed by atoms with Crippen LogP contribution in [0.2, 0.25) is 0 Å². The third kappa shape index (κ3) is 4.58. The van der Waals surface area contributed by atoms with Crippen molar-refractivity contribution in [1.29, 1.82) is 0 Å². The lowest BCUT2D eigenvalue weighted by Gasteiger charge is -2.24. The Labute approximate surface area is 123 Å². The van der Waals surface area contributed by atoms with E-state index in [0.29, 0.717) is 25.6 Å². The monoisotopic (exact) mass is 298 g/mol. The highest BCUT2D eigenvalue weighted by Crippen LogP contribution is 2.17. The fourth-order valence-electron chi connectivity index (χ4n) is 2.10. The third-order valence-corrected chi connectivity index (χ3v) is 5.50. The SMILES string of the molecule is CCC(C)CN(CC)S(=O)(=O)Cc1ccccc1CN. The Bertz CT molecular complexity index is 514. The van der Waals surface area contributed by atoms with Gasteiger partial charge in [0.1, 0.15) is 0 Å². The number of sulfonamides is 1. The first-order valence-corrected chi connectivity index (χ1v) is 8.80. The molecule has 0 heterocycles. The van der Waals surface area contributed by atoms with Crippen molar-refractivity contribution >= 4 is 10.0 Å². The molecule has 0 radical (unpaired) electrons. The minimum absolute atomic E-state index is 0.0324. The molecule has 20 heavy (non-hydrogen) atoms. The predicted octanol–water partition coefficient (Wildman–Crippen LogP) is 2.34. The van der Waals surface area contributed by atoms with Gasteiger partial charge in [0.25, 0.3) is 0 Å². The minimum atomic E-state index is -3.29. The molecule has 1 aromatic rings. The number of rotatable bonds is 8. The Kier molecular flexibility index (Phi) is 6.65. The van der Waals surface area contributed by atoms with Gasteiger partial charge in [-0.2, -0.15) is 0 Å². The van der Waals surface area contributed by atoms with Crippen LogP contribution in [-0.4, -0.2) is 25.8 Å². The summed E-state index contributed by atoms with van der Waals surface area (Å²) in [7, 11) is -3.29. The van der Waals surface area contributed by atoms with Gasteiger partial charge < -0.3 is 5.73 Å². The topological polar surface area (TPSA) is 63.4 Å². The summed E-state index contributed by atoms with van der Waals surface area (Å²) in [5.41, 5.74) is 7.37. The van der Waals surface area contributed by atoms with Crippen LogP contribution in [0.15, 0.2) is 24.3 Å². The van der Waals surface area contributed by atoms with Crippen LogP contribution in [0.4, 0.5) is 0 Å². The maximum atomic E-state index is 12.5. The molecule has 5 heteroatoms. The second-order valence-electron chi connectivity index (χ2n) is 5.19. The van der Waals surface area contributed by atoms with Crippen LogP contribution in [0, 0.1) is 5.92 Å². The van der Waals surface area contributed by atoms with Crippen molar-refractivity contribution in [2.24, 2.45) is 11.7 Å². The number of nitrogens with zero attached hydrogens (tertiary/aromatic N) is 1. The molecule has 0 amide bonds. The van der Waals surface area contributed by atoms with E-state index in [-0.39, 0.29) is 5.75 Å². The van der Waals surface area contributed by atoms with E-state index in [2.05, 4.69) is 13.8 Å². The molecular weight excluding hydrogens is 272 g/mol. The average molecular weight is 298 g/mol. The Hall–Kier alpha value is -0.910. The first-order chi connectivity index (χ1) is 9.44. The van der Waals surface area contributed by atoms with Gasteiger partial charge in [0.05, 0.1) is 5.75 Å². The standard InChI is InChI=1S/C15H26N2O2S/c1-4-13(3)11-17(5-2)20(18,19)12-15-9-7-6-8-14(15)10-16/h6-9,13H,4-5,10-12,16H2,1-3H3. The highest BCUT2D eigenvalue weighted by atomic mass is 32.2. The van der Waals surface area contributed by atoms with Crippen LogP contribution < -0.4 is 5.73 Å². The predicted molar refractivity (Wildman–Crippen MR) is 83.7 cm³/mol. The van der Waals surface area contributed by atoms with Gasteiger partial charge in [-0.1, -0.05) is 51.5 Å². The lowest BCUT2D eigenvalue weighted by atomic mass is 10.1. The van der Waals surface area contributed by atoms with Crippen LogP contribution in [0.25, 0.3) is 0 Å². The number of nitrogens with two attached hydrogens (primary N) is 1. The van der Waals surface area contributed by atoms with Crippen molar-refractivity contribution in [1.82, 2.24) is 4.31 Å². The maximum absolute atomic E-state index is 12.5. The first kappa shape index (κ1) is 17.1. The van der Waals surface area contributed by atoms with Crippen LogP contribution in [-0.2, 0) is 22.3 Å². The third-order valence-electron chi connectivity index (χ3n) is 3.63. The van der Waals surface area contributed by atoms with Crippen LogP contribution in [0.5, 0.6) is 0 Å². The van der Waals surface area contributed by atoms with Gasteiger partial charge in [0.15, 0.2) is 0 Å². The molecule has 1 atom stereocenters. The van der Waals surface area contributed by atoms with Gasteiger partial charge in [0, 0.05) is 19.6 Å². The highest BCUT2D eigenvalue weighted by molar-refractivity contribution is 7.88. The van der Waals surface area contributed by atoms with E-state index in [0.717, 1.165) is 17.5 Å². The number of hydrogen-bond acceptors (Lipinski definition) is 3. The largest absolute Gasteiger partial charge is 0.326 e. The zero-order valence-electron chi connectivity index (χ0n) is 12.7. The molecule has 0 aliphatic carbocycles. The molecule has 2 N–H and O–H groups in total. The van der Waals surface area contributed by atoms with Gasteiger partial charge in [-0.3, -0.25) is 0 Å². The molecular formula is C15H26N2O2S. The van der Waals surface area contributed by atoms with E-state index in [1.54, 1.807) is 4.31 Å². The Morgan fingerprint density at radius 2 is 1.80 bits per heavy atom. The fourth-order valence-corrected chi connectivity index (χ4v) is 3.83. The van der Waals surface area contributed by atoms with E-state index in [1.165, 1.54) is 0 Å². The van der Waals surface area contributed by atoms with Gasteiger partial charge in [-0.05, 0) is 17.0 Å². The minimum Gasteiger partial charge on any atom is -0.326 e. The molecule has 4 nitrogen and oxygen atoms in total. The summed E-state index contributed by atoms with van der Waals surface area (Å²) in [6, 6.07) is 7.47. The lowest BCUT2D eigenvalue weighted by molar-refractivity contribution is 0.361. The maximum Gasteiger partial charge on any atom is 0.218 e. The average Bonchev–Trinajstić information content (AvgIpc) is 2.44. The molecule has 0 aliphatic heterocycles. The van der Waals surface area contributed by atoms with Crippen LogP contribution >= 0.6 is 0 Å². The summed E-state index contributed by atoms with van der Waals surface area (Å²) in [6.07, 6.45) is 0.978. The smallest absolute Gasteiger partial charge is 0.218 e. The molecule has 0 bridgehead atoms. The van der Waals surface area contributed by atoms with Crippen LogP contribution in [0.1, 0.15) is 38.3 Å². The summed E-state index contributed by atoms with van der Waals surface area (Å²) in [6.45, 7) is 7.50. The molecule has 0 aromatic heterocycles. The van der Waals surface area contributed by atoms with Gasteiger partial charge >= 0.3 is 0 Å². The Morgan fingerprint density at radius 3 is 2.30 bits per heavy atom. The number of hydrogen-bond donors (Lipinski definition) is 1. The van der Waals surface area contributed by atoms with E-state index in [4.69, 9.17) is 5.73 Å². The van der Waals surface area contributed by atoms with E-state index >= 15 is 0 Å². The lowest BCUT2D eigenvalue weighted by Crippen LogP contribution is -2.35. The van der Waals surface area contributed by atoms with E-state index in [1.807, 2.05) is 31.2 Å². The summed E-state index contributed by atoms with van der Waals surface area (Å²) < 4.78 is 26.6.